The van der Waals surface area contributed by atoms with E-state index in [1.807, 2.05) is 0 Å². The lowest BCUT2D eigenvalue weighted by Crippen LogP contribution is -2.54. The molecule has 25 heavy (non-hydrogen) atoms. The molecule has 0 bridgehead atoms. The predicted molar refractivity (Wildman–Crippen MR) is 93.5 cm³/mol. The van der Waals surface area contributed by atoms with Gasteiger partial charge in [-0.3, -0.25) is 4.90 Å². The van der Waals surface area contributed by atoms with Crippen molar-refractivity contribution in [2.75, 3.05) is 37.7 Å². The normalized spacial score (nSPS) is 24.0. The Morgan fingerprint density at radius 1 is 1.16 bits per heavy atom. The molecule has 0 saturated carbocycles. The second-order valence-electron chi connectivity index (χ2n) is 6.79. The summed E-state index contributed by atoms with van der Waals surface area (Å²) in [5, 5.41) is 3.03. The largest absolute Gasteiger partial charge is 0.334 e. The molecule has 1 atom stereocenters. The van der Waals surface area contributed by atoms with Gasteiger partial charge in [0.1, 0.15) is 5.82 Å². The summed E-state index contributed by atoms with van der Waals surface area (Å²) in [7, 11) is -2.99. The van der Waals surface area contributed by atoms with Crippen LogP contribution in [0.15, 0.2) is 24.3 Å². The highest BCUT2D eigenvalue weighted by molar-refractivity contribution is 7.91. The second kappa shape index (κ2) is 7.70. The van der Waals surface area contributed by atoms with Gasteiger partial charge in [-0.2, -0.15) is 0 Å². The summed E-state index contributed by atoms with van der Waals surface area (Å²) in [5.41, 5.74) is 1.05. The van der Waals surface area contributed by atoms with Gasteiger partial charge in [-0.1, -0.05) is 12.1 Å². The van der Waals surface area contributed by atoms with Crippen LogP contribution in [0.4, 0.5) is 9.18 Å². The monoisotopic (exact) mass is 369 g/mol. The van der Waals surface area contributed by atoms with Gasteiger partial charge >= 0.3 is 6.03 Å². The molecule has 6 nitrogen and oxygen atoms in total. The van der Waals surface area contributed by atoms with Crippen LogP contribution < -0.4 is 5.32 Å². The Labute approximate surface area is 147 Å². The first-order valence-electron chi connectivity index (χ1n) is 8.64. The van der Waals surface area contributed by atoms with Gasteiger partial charge < -0.3 is 10.2 Å². The molecule has 1 N–H and O–H groups in total. The van der Waals surface area contributed by atoms with E-state index in [0.29, 0.717) is 0 Å². The minimum Gasteiger partial charge on any atom is -0.334 e. The smallest absolute Gasteiger partial charge is 0.317 e. The molecule has 2 amide bonds. The van der Waals surface area contributed by atoms with E-state index in [2.05, 4.69) is 10.2 Å². The number of sulfone groups is 1. The summed E-state index contributed by atoms with van der Waals surface area (Å²) in [6.07, 6.45) is 1.90. The van der Waals surface area contributed by atoms with E-state index in [-0.39, 0.29) is 42.5 Å². The number of carbonyl (C=O) groups excluding carboxylic acids is 1. The molecule has 1 aromatic rings. The Hall–Kier alpha value is -1.67. The molecule has 2 aliphatic rings. The van der Waals surface area contributed by atoms with E-state index in [0.717, 1.165) is 38.0 Å². The van der Waals surface area contributed by atoms with Crippen molar-refractivity contribution in [2.45, 2.75) is 25.4 Å². The van der Waals surface area contributed by atoms with Crippen molar-refractivity contribution in [1.82, 2.24) is 15.1 Å². The van der Waals surface area contributed by atoms with E-state index in [9.17, 15) is 17.6 Å². The SMILES string of the molecule is O=C(N[C@@H]1CCCN(Cc2ccc(F)cc2)C1)N1CCS(=O)(=O)CC1. The van der Waals surface area contributed by atoms with Crippen LogP contribution in [0.1, 0.15) is 18.4 Å². The quantitative estimate of drug-likeness (QED) is 0.870. The van der Waals surface area contributed by atoms with E-state index < -0.39 is 9.84 Å². The zero-order valence-electron chi connectivity index (χ0n) is 14.2. The number of rotatable bonds is 3. The van der Waals surface area contributed by atoms with Crippen molar-refractivity contribution in [1.29, 1.82) is 0 Å². The fraction of sp³-hybridized carbons (Fsp3) is 0.588. The molecule has 1 aromatic carbocycles. The van der Waals surface area contributed by atoms with Gasteiger partial charge in [0, 0.05) is 32.2 Å². The fourth-order valence-electron chi connectivity index (χ4n) is 3.35. The van der Waals surface area contributed by atoms with Gasteiger partial charge in [0.25, 0.3) is 0 Å². The second-order valence-corrected chi connectivity index (χ2v) is 9.09. The van der Waals surface area contributed by atoms with Gasteiger partial charge in [-0.15, -0.1) is 0 Å². The van der Waals surface area contributed by atoms with Crippen molar-refractivity contribution in [3.63, 3.8) is 0 Å². The molecule has 2 saturated heterocycles. The van der Waals surface area contributed by atoms with Gasteiger partial charge in [0.05, 0.1) is 11.5 Å². The zero-order chi connectivity index (χ0) is 17.9. The summed E-state index contributed by atoms with van der Waals surface area (Å²) in [6.45, 7) is 2.95. The summed E-state index contributed by atoms with van der Waals surface area (Å²) in [5.74, 6) is -0.153. The number of carbonyl (C=O) groups is 1. The maximum Gasteiger partial charge on any atom is 0.317 e. The Balaban J connectivity index is 1.49. The van der Waals surface area contributed by atoms with Crippen LogP contribution in [0.2, 0.25) is 0 Å². The van der Waals surface area contributed by atoms with Crippen molar-refractivity contribution in [3.05, 3.63) is 35.6 Å². The average molecular weight is 369 g/mol. The number of nitrogens with one attached hydrogen (secondary N) is 1. The van der Waals surface area contributed by atoms with Gasteiger partial charge in [-0.05, 0) is 37.1 Å². The first-order chi connectivity index (χ1) is 11.9. The van der Waals surface area contributed by atoms with Crippen molar-refractivity contribution < 1.29 is 17.6 Å². The topological polar surface area (TPSA) is 69.7 Å². The van der Waals surface area contributed by atoms with Gasteiger partial charge in [0.15, 0.2) is 9.84 Å². The minimum absolute atomic E-state index is 0.0434. The van der Waals surface area contributed by atoms with Gasteiger partial charge in [0.2, 0.25) is 0 Å². The number of benzene rings is 1. The number of halogens is 1. The highest BCUT2D eigenvalue weighted by Gasteiger charge is 2.27. The molecule has 0 unspecified atom stereocenters. The third-order valence-corrected chi connectivity index (χ3v) is 6.39. The molecule has 2 fully saturated rings. The Morgan fingerprint density at radius 3 is 2.52 bits per heavy atom. The van der Waals surface area contributed by atoms with Crippen LogP contribution in [0, 0.1) is 5.82 Å². The Bertz CT molecular complexity index is 694. The summed E-state index contributed by atoms with van der Waals surface area (Å²) < 4.78 is 35.9. The first kappa shape index (κ1) is 18.1. The van der Waals surface area contributed by atoms with Crippen LogP contribution in [-0.2, 0) is 16.4 Å². The molecule has 138 valence electrons. The molecule has 0 radical (unpaired) electrons. The highest BCUT2D eigenvalue weighted by Crippen LogP contribution is 2.15. The number of hydrogen-bond donors (Lipinski definition) is 1. The van der Waals surface area contributed by atoms with Crippen LogP contribution in [0.3, 0.4) is 0 Å². The van der Waals surface area contributed by atoms with Crippen LogP contribution in [0.5, 0.6) is 0 Å². The third kappa shape index (κ3) is 5.15. The fourth-order valence-corrected chi connectivity index (χ4v) is 4.55. The lowest BCUT2D eigenvalue weighted by molar-refractivity contribution is 0.165. The third-order valence-electron chi connectivity index (χ3n) is 4.78. The molecular formula is C17H24FN3O3S. The van der Waals surface area contributed by atoms with E-state index in [1.165, 1.54) is 12.1 Å². The first-order valence-corrected chi connectivity index (χ1v) is 10.5. The number of piperidine rings is 1. The molecule has 3 rings (SSSR count). The maximum absolute atomic E-state index is 13.0. The van der Waals surface area contributed by atoms with Crippen LogP contribution in [0.25, 0.3) is 0 Å². The van der Waals surface area contributed by atoms with E-state index in [4.69, 9.17) is 0 Å². The summed E-state index contributed by atoms with van der Waals surface area (Å²) in [6, 6.07) is 6.37. The van der Waals surface area contributed by atoms with Crippen molar-refractivity contribution >= 4 is 15.9 Å². The molecule has 2 heterocycles. The lowest BCUT2D eigenvalue weighted by Gasteiger charge is -2.35. The number of likely N-dealkylation sites (tertiary alicyclic amines) is 1. The summed E-state index contributed by atoms with van der Waals surface area (Å²) >= 11 is 0. The molecule has 0 aliphatic carbocycles. The predicted octanol–water partition coefficient (Wildman–Crippen LogP) is 1.23. The van der Waals surface area contributed by atoms with Crippen molar-refractivity contribution in [2.24, 2.45) is 0 Å². The maximum atomic E-state index is 13.0. The Kier molecular flexibility index (Phi) is 5.58. The molecule has 0 aromatic heterocycles. The molecule has 8 heteroatoms. The van der Waals surface area contributed by atoms with Crippen molar-refractivity contribution in [3.8, 4) is 0 Å². The van der Waals surface area contributed by atoms with Gasteiger partial charge in [-0.25, -0.2) is 17.6 Å². The zero-order valence-corrected chi connectivity index (χ0v) is 15.0. The van der Waals surface area contributed by atoms with E-state index >= 15 is 0 Å². The minimum atomic E-state index is -2.99. The van der Waals surface area contributed by atoms with Crippen LogP contribution >= 0.6 is 0 Å². The highest BCUT2D eigenvalue weighted by atomic mass is 32.2. The van der Waals surface area contributed by atoms with E-state index in [1.54, 1.807) is 17.0 Å². The average Bonchev–Trinajstić information content (AvgIpc) is 2.57. The molecular weight excluding hydrogens is 345 g/mol. The number of hydrogen-bond acceptors (Lipinski definition) is 4. The standard InChI is InChI=1S/C17H24FN3O3S/c18-15-5-3-14(4-6-15)12-20-7-1-2-16(13-20)19-17(22)21-8-10-25(23,24)11-9-21/h3-6,16H,1-2,7-13H2,(H,19,22)/t16-/m1/s1. The lowest BCUT2D eigenvalue weighted by atomic mass is 10.0. The Morgan fingerprint density at radius 2 is 1.84 bits per heavy atom. The molecule has 0 spiro atoms. The summed E-state index contributed by atoms with van der Waals surface area (Å²) in [4.78, 5) is 16.2. The number of amides is 2. The number of urea groups is 1. The number of nitrogens with zero attached hydrogens (tertiary/aromatic N) is 2. The van der Waals surface area contributed by atoms with Crippen LogP contribution in [-0.4, -0.2) is 68.0 Å². The molecule has 2 aliphatic heterocycles.